The Bertz CT molecular complexity index is 622. The van der Waals surface area contributed by atoms with Crippen LogP contribution in [0.25, 0.3) is 0 Å². The van der Waals surface area contributed by atoms with Gasteiger partial charge < -0.3 is 5.32 Å². The summed E-state index contributed by atoms with van der Waals surface area (Å²) in [6.45, 7) is 2.22. The van der Waals surface area contributed by atoms with Crippen molar-refractivity contribution in [3.05, 3.63) is 33.8 Å². The van der Waals surface area contributed by atoms with Crippen molar-refractivity contribution in [3.63, 3.8) is 0 Å². The van der Waals surface area contributed by atoms with E-state index in [1.54, 1.807) is 12.1 Å². The number of benzene rings is 1. The van der Waals surface area contributed by atoms with Crippen molar-refractivity contribution in [1.29, 1.82) is 0 Å². The van der Waals surface area contributed by atoms with E-state index in [2.05, 4.69) is 12.2 Å². The van der Waals surface area contributed by atoms with E-state index < -0.39 is 0 Å². The second kappa shape index (κ2) is 6.21. The molecule has 4 fully saturated rings. The van der Waals surface area contributed by atoms with Gasteiger partial charge in [0, 0.05) is 16.1 Å². The van der Waals surface area contributed by atoms with Crippen LogP contribution < -0.4 is 5.32 Å². The third-order valence-corrected chi connectivity index (χ3v) is 7.33. The predicted molar refractivity (Wildman–Crippen MR) is 98.4 cm³/mol. The number of hydrogen-bond donors (Lipinski definition) is 1. The molecule has 4 saturated carbocycles. The molecule has 0 heterocycles. The highest BCUT2D eigenvalue weighted by Crippen LogP contribution is 2.61. The largest absolute Gasteiger partial charge is 0.353 e. The molecule has 4 aliphatic rings. The van der Waals surface area contributed by atoms with E-state index in [0.29, 0.717) is 21.9 Å². The fourth-order valence-corrected chi connectivity index (χ4v) is 6.47. The highest BCUT2D eigenvalue weighted by molar-refractivity contribution is 6.35. The van der Waals surface area contributed by atoms with Gasteiger partial charge in [-0.15, -0.1) is 0 Å². The van der Waals surface area contributed by atoms with Gasteiger partial charge in [0.25, 0.3) is 0 Å². The van der Waals surface area contributed by atoms with Crippen molar-refractivity contribution < 1.29 is 4.79 Å². The van der Waals surface area contributed by atoms with Crippen LogP contribution in [0.5, 0.6) is 0 Å². The van der Waals surface area contributed by atoms with Crippen molar-refractivity contribution in [2.75, 3.05) is 0 Å². The van der Waals surface area contributed by atoms with Gasteiger partial charge in [0.1, 0.15) is 0 Å². The summed E-state index contributed by atoms with van der Waals surface area (Å²) >= 11 is 12.1. The summed E-state index contributed by atoms with van der Waals surface area (Å²) in [5.74, 6) is 2.78. The number of rotatable bonds is 4. The molecule has 4 bridgehead atoms. The zero-order valence-corrected chi connectivity index (χ0v) is 15.7. The molecule has 1 aromatic carbocycles. The standard InChI is InChI=1S/C20H25Cl2NO/c1-12(20-9-13-4-14(10-20)6-15(5-13)11-20)23-19(24)7-16-2-3-17(21)8-18(16)22/h2-3,8,12-15H,4-7,9-11H2,1H3,(H,23,24)/t12-,13?,14?,15?,20?/m0/s1. The van der Waals surface area contributed by atoms with Gasteiger partial charge >= 0.3 is 0 Å². The van der Waals surface area contributed by atoms with Gasteiger partial charge in [0.15, 0.2) is 0 Å². The maximum absolute atomic E-state index is 12.6. The summed E-state index contributed by atoms with van der Waals surface area (Å²) in [5, 5.41) is 4.47. The Balaban J connectivity index is 1.42. The Kier molecular flexibility index (Phi) is 4.33. The molecular formula is C20H25Cl2NO. The summed E-state index contributed by atoms with van der Waals surface area (Å²) in [6, 6.07) is 5.59. The first kappa shape index (κ1) is 16.7. The summed E-state index contributed by atoms with van der Waals surface area (Å²) in [4.78, 5) is 12.6. The van der Waals surface area contributed by atoms with Crippen LogP contribution in [0.15, 0.2) is 18.2 Å². The molecule has 0 unspecified atom stereocenters. The Morgan fingerprint density at radius 3 is 2.29 bits per heavy atom. The Hall–Kier alpha value is -0.730. The summed E-state index contributed by atoms with van der Waals surface area (Å²) in [6.07, 6.45) is 8.54. The zero-order valence-electron chi connectivity index (χ0n) is 14.2. The van der Waals surface area contributed by atoms with E-state index >= 15 is 0 Å². The van der Waals surface area contributed by atoms with E-state index in [9.17, 15) is 4.79 Å². The molecule has 0 aliphatic heterocycles. The molecule has 1 N–H and O–H groups in total. The molecule has 0 saturated heterocycles. The van der Waals surface area contributed by atoms with E-state index in [4.69, 9.17) is 23.2 Å². The highest BCUT2D eigenvalue weighted by Gasteiger charge is 2.53. The molecule has 0 radical (unpaired) electrons. The third-order valence-electron chi connectivity index (χ3n) is 6.75. The number of nitrogens with one attached hydrogen (secondary N) is 1. The van der Waals surface area contributed by atoms with Crippen LogP contribution in [-0.2, 0) is 11.2 Å². The zero-order chi connectivity index (χ0) is 16.9. The third kappa shape index (κ3) is 3.08. The van der Waals surface area contributed by atoms with Crippen molar-refractivity contribution in [3.8, 4) is 0 Å². The average Bonchev–Trinajstić information content (AvgIpc) is 2.48. The molecule has 1 amide bonds. The summed E-state index contributed by atoms with van der Waals surface area (Å²) < 4.78 is 0. The van der Waals surface area contributed by atoms with Crippen LogP contribution in [-0.4, -0.2) is 11.9 Å². The lowest BCUT2D eigenvalue weighted by molar-refractivity contribution is -0.125. The van der Waals surface area contributed by atoms with E-state index in [-0.39, 0.29) is 11.9 Å². The minimum absolute atomic E-state index is 0.0717. The normalized spacial score (nSPS) is 35.0. The van der Waals surface area contributed by atoms with Gasteiger partial charge in [-0.05, 0) is 86.3 Å². The molecule has 24 heavy (non-hydrogen) atoms. The number of carbonyl (C=O) groups is 1. The lowest BCUT2D eigenvalue weighted by Crippen LogP contribution is -2.56. The van der Waals surface area contributed by atoms with E-state index in [0.717, 1.165) is 23.3 Å². The predicted octanol–water partition coefficient (Wildman–Crippen LogP) is 5.26. The van der Waals surface area contributed by atoms with Crippen molar-refractivity contribution in [1.82, 2.24) is 5.32 Å². The lowest BCUT2D eigenvalue weighted by Gasteiger charge is -2.59. The fourth-order valence-electron chi connectivity index (χ4n) is 5.99. The first-order chi connectivity index (χ1) is 11.4. The van der Waals surface area contributed by atoms with Crippen LogP contribution in [0.4, 0.5) is 0 Å². The molecule has 1 atom stereocenters. The maximum Gasteiger partial charge on any atom is 0.224 e. The average molecular weight is 366 g/mol. The number of amides is 1. The lowest BCUT2D eigenvalue weighted by atomic mass is 9.48. The first-order valence-corrected chi connectivity index (χ1v) is 9.92. The molecule has 2 nitrogen and oxygen atoms in total. The van der Waals surface area contributed by atoms with Crippen molar-refractivity contribution >= 4 is 29.1 Å². The van der Waals surface area contributed by atoms with Crippen LogP contribution in [0.3, 0.4) is 0 Å². The summed E-state index contributed by atoms with van der Waals surface area (Å²) in [7, 11) is 0. The number of carbonyl (C=O) groups excluding carboxylic acids is 1. The first-order valence-electron chi connectivity index (χ1n) is 9.17. The molecule has 0 aromatic heterocycles. The Morgan fingerprint density at radius 1 is 1.17 bits per heavy atom. The van der Waals surface area contributed by atoms with Crippen LogP contribution >= 0.6 is 23.2 Å². The SMILES string of the molecule is C[C@H](NC(=O)Cc1ccc(Cl)cc1Cl)C12CC3CC(CC(C3)C1)C2. The Labute approximate surface area is 154 Å². The van der Waals surface area contributed by atoms with Crippen LogP contribution in [0.2, 0.25) is 10.0 Å². The van der Waals surface area contributed by atoms with E-state index in [1.807, 2.05) is 6.07 Å². The monoisotopic (exact) mass is 365 g/mol. The van der Waals surface area contributed by atoms with E-state index in [1.165, 1.54) is 38.5 Å². The maximum atomic E-state index is 12.6. The molecule has 4 aliphatic carbocycles. The minimum Gasteiger partial charge on any atom is -0.353 e. The Morgan fingerprint density at radius 2 is 1.75 bits per heavy atom. The van der Waals surface area contributed by atoms with Gasteiger partial charge in [0.2, 0.25) is 5.91 Å². The topological polar surface area (TPSA) is 29.1 Å². The molecular weight excluding hydrogens is 341 g/mol. The minimum atomic E-state index is 0.0717. The molecule has 0 spiro atoms. The molecule has 5 rings (SSSR count). The van der Waals surface area contributed by atoms with Crippen LogP contribution in [0, 0.1) is 23.2 Å². The molecule has 1 aromatic rings. The van der Waals surface area contributed by atoms with Gasteiger partial charge in [-0.3, -0.25) is 4.79 Å². The van der Waals surface area contributed by atoms with Gasteiger partial charge in [-0.1, -0.05) is 29.3 Å². The number of halogens is 2. The second-order valence-corrected chi connectivity index (χ2v) is 9.33. The van der Waals surface area contributed by atoms with Gasteiger partial charge in [-0.25, -0.2) is 0 Å². The van der Waals surface area contributed by atoms with Gasteiger partial charge in [-0.2, -0.15) is 0 Å². The van der Waals surface area contributed by atoms with Crippen molar-refractivity contribution in [2.24, 2.45) is 23.2 Å². The second-order valence-electron chi connectivity index (χ2n) is 8.48. The van der Waals surface area contributed by atoms with Gasteiger partial charge in [0.05, 0.1) is 6.42 Å². The molecule has 4 heteroatoms. The van der Waals surface area contributed by atoms with Crippen LogP contribution in [0.1, 0.15) is 51.0 Å². The highest BCUT2D eigenvalue weighted by atomic mass is 35.5. The molecule has 130 valence electrons. The summed E-state index contributed by atoms with van der Waals surface area (Å²) in [5.41, 5.74) is 1.19. The number of hydrogen-bond acceptors (Lipinski definition) is 1. The van der Waals surface area contributed by atoms with Crippen molar-refractivity contribution in [2.45, 2.75) is 57.9 Å². The quantitative estimate of drug-likeness (QED) is 0.774. The fraction of sp³-hybridized carbons (Fsp3) is 0.650. The smallest absolute Gasteiger partial charge is 0.224 e.